The van der Waals surface area contributed by atoms with E-state index in [0.29, 0.717) is 36.9 Å². The number of carbonyl (C=O) groups is 1. The van der Waals surface area contributed by atoms with Gasteiger partial charge in [0.25, 0.3) is 5.91 Å². The fourth-order valence-corrected chi connectivity index (χ4v) is 2.77. The van der Waals surface area contributed by atoms with E-state index in [1.807, 2.05) is 13.0 Å². The summed E-state index contributed by atoms with van der Waals surface area (Å²) in [4.78, 5) is 21.3. The Balaban J connectivity index is 1.58. The van der Waals surface area contributed by atoms with Gasteiger partial charge >= 0.3 is 0 Å². The van der Waals surface area contributed by atoms with Crippen LogP contribution < -0.4 is 0 Å². The number of nitrogens with zero attached hydrogens (tertiary/aromatic N) is 7. The molecule has 132 valence electrons. The molecule has 1 aliphatic rings. The van der Waals surface area contributed by atoms with Crippen LogP contribution in [0.15, 0.2) is 42.0 Å². The van der Waals surface area contributed by atoms with Crippen LogP contribution in [-0.2, 0) is 11.3 Å². The number of hydrogen-bond donors (Lipinski definition) is 0. The monoisotopic (exact) mass is 349 g/mol. The van der Waals surface area contributed by atoms with E-state index in [-0.39, 0.29) is 11.9 Å². The standard InChI is InChI=1S/C18H19N7O/c1-13(4-3-7-24-12-15(8-19)10-22-24)18(26)25-17(5-6-21-25)16-11-20-9-14(2)23-16/h6,9-12,17H,1,3-5,7H2,2H3. The molecule has 2 aromatic rings. The third kappa shape index (κ3) is 3.83. The van der Waals surface area contributed by atoms with Gasteiger partial charge in [-0.05, 0) is 19.8 Å². The fourth-order valence-electron chi connectivity index (χ4n) is 2.77. The molecule has 0 bridgehead atoms. The number of aromatic nitrogens is 4. The summed E-state index contributed by atoms with van der Waals surface area (Å²) >= 11 is 0. The Morgan fingerprint density at radius 2 is 2.27 bits per heavy atom. The second kappa shape index (κ2) is 7.70. The van der Waals surface area contributed by atoms with Gasteiger partial charge < -0.3 is 0 Å². The van der Waals surface area contributed by atoms with E-state index in [9.17, 15) is 4.79 Å². The Morgan fingerprint density at radius 1 is 1.42 bits per heavy atom. The van der Waals surface area contributed by atoms with E-state index in [1.165, 1.54) is 11.2 Å². The zero-order valence-corrected chi connectivity index (χ0v) is 14.5. The Bertz CT molecular complexity index is 893. The summed E-state index contributed by atoms with van der Waals surface area (Å²) in [5, 5.41) is 18.5. The average Bonchev–Trinajstić information content (AvgIpc) is 3.30. The van der Waals surface area contributed by atoms with Crippen LogP contribution in [0.5, 0.6) is 0 Å². The van der Waals surface area contributed by atoms with Crippen LogP contribution >= 0.6 is 0 Å². The van der Waals surface area contributed by atoms with Crippen molar-refractivity contribution in [3.05, 3.63) is 53.9 Å². The SMILES string of the molecule is C=C(CCCn1cc(C#N)cn1)C(=O)N1N=CCC1c1cncc(C)n1. The highest BCUT2D eigenvalue weighted by Crippen LogP contribution is 2.28. The summed E-state index contributed by atoms with van der Waals surface area (Å²) in [6, 6.07) is 1.80. The maximum absolute atomic E-state index is 12.7. The molecule has 1 amide bonds. The maximum Gasteiger partial charge on any atom is 0.269 e. The molecule has 1 atom stereocenters. The molecule has 0 saturated carbocycles. The lowest BCUT2D eigenvalue weighted by molar-refractivity contribution is -0.129. The molecule has 26 heavy (non-hydrogen) atoms. The number of amides is 1. The fraction of sp³-hybridized carbons (Fsp3) is 0.333. The number of hydrazone groups is 1. The number of hydrogen-bond acceptors (Lipinski definition) is 6. The number of aryl methyl sites for hydroxylation is 2. The first kappa shape index (κ1) is 17.5. The molecular weight excluding hydrogens is 330 g/mol. The van der Waals surface area contributed by atoms with Crippen molar-refractivity contribution in [2.45, 2.75) is 38.8 Å². The van der Waals surface area contributed by atoms with Crippen molar-refractivity contribution in [3.63, 3.8) is 0 Å². The summed E-state index contributed by atoms with van der Waals surface area (Å²) in [5.74, 6) is -0.203. The van der Waals surface area contributed by atoms with Crippen molar-refractivity contribution >= 4 is 12.1 Å². The van der Waals surface area contributed by atoms with E-state index in [0.717, 1.165) is 11.4 Å². The van der Waals surface area contributed by atoms with Gasteiger partial charge in [0.05, 0.1) is 29.3 Å². The second-order valence-corrected chi connectivity index (χ2v) is 6.10. The molecule has 0 N–H and O–H groups in total. The van der Waals surface area contributed by atoms with Crippen molar-refractivity contribution < 1.29 is 4.79 Å². The van der Waals surface area contributed by atoms with Crippen LogP contribution in [0.2, 0.25) is 0 Å². The predicted molar refractivity (Wildman–Crippen MR) is 94.8 cm³/mol. The van der Waals surface area contributed by atoms with E-state index in [4.69, 9.17) is 5.26 Å². The van der Waals surface area contributed by atoms with Crippen LogP contribution in [0.3, 0.4) is 0 Å². The molecule has 0 radical (unpaired) electrons. The van der Waals surface area contributed by atoms with Crippen molar-refractivity contribution in [2.75, 3.05) is 0 Å². The van der Waals surface area contributed by atoms with Gasteiger partial charge in [-0.15, -0.1) is 0 Å². The highest BCUT2D eigenvalue weighted by atomic mass is 16.2. The highest BCUT2D eigenvalue weighted by molar-refractivity contribution is 5.94. The molecule has 0 aromatic carbocycles. The van der Waals surface area contributed by atoms with Gasteiger partial charge in [0.1, 0.15) is 12.1 Å². The molecule has 1 aliphatic heterocycles. The zero-order valence-electron chi connectivity index (χ0n) is 14.5. The molecule has 0 saturated heterocycles. The van der Waals surface area contributed by atoms with Gasteiger partial charge in [-0.3, -0.25) is 19.4 Å². The average molecular weight is 349 g/mol. The molecule has 0 fully saturated rings. The van der Waals surface area contributed by atoms with Crippen LogP contribution in [-0.4, -0.2) is 36.9 Å². The Labute approximate surface area is 151 Å². The van der Waals surface area contributed by atoms with Gasteiger partial charge in [0, 0.05) is 37.1 Å². The Kier molecular flexibility index (Phi) is 5.17. The zero-order chi connectivity index (χ0) is 18.5. The molecule has 3 rings (SSSR count). The summed E-state index contributed by atoms with van der Waals surface area (Å²) in [6.45, 7) is 6.39. The molecule has 2 aromatic heterocycles. The molecule has 0 spiro atoms. The quantitative estimate of drug-likeness (QED) is 0.744. The topological polar surface area (TPSA) is 100 Å². The lowest BCUT2D eigenvalue weighted by atomic mass is 10.1. The van der Waals surface area contributed by atoms with Gasteiger partial charge in [-0.25, -0.2) is 5.01 Å². The van der Waals surface area contributed by atoms with Crippen molar-refractivity contribution in [1.82, 2.24) is 24.8 Å². The van der Waals surface area contributed by atoms with Gasteiger partial charge in [0.2, 0.25) is 0 Å². The Hall–Kier alpha value is -3.34. The number of nitriles is 1. The third-order valence-corrected chi connectivity index (χ3v) is 4.08. The molecule has 3 heterocycles. The summed E-state index contributed by atoms with van der Waals surface area (Å²) in [7, 11) is 0. The third-order valence-electron chi connectivity index (χ3n) is 4.08. The molecule has 1 unspecified atom stereocenters. The number of rotatable bonds is 6. The molecule has 0 aliphatic carbocycles. The van der Waals surface area contributed by atoms with Gasteiger partial charge in [-0.2, -0.15) is 15.5 Å². The molecular formula is C18H19N7O. The first-order chi connectivity index (χ1) is 12.6. The predicted octanol–water partition coefficient (Wildman–Crippen LogP) is 2.15. The van der Waals surface area contributed by atoms with E-state index in [1.54, 1.807) is 29.5 Å². The van der Waals surface area contributed by atoms with Gasteiger partial charge in [0.15, 0.2) is 0 Å². The highest BCUT2D eigenvalue weighted by Gasteiger charge is 2.30. The molecule has 8 nitrogen and oxygen atoms in total. The lowest BCUT2D eigenvalue weighted by Crippen LogP contribution is -2.29. The van der Waals surface area contributed by atoms with Crippen LogP contribution in [0.1, 0.15) is 42.3 Å². The minimum atomic E-state index is -0.240. The van der Waals surface area contributed by atoms with Crippen LogP contribution in [0.25, 0.3) is 0 Å². The Morgan fingerprint density at radius 3 is 3.00 bits per heavy atom. The van der Waals surface area contributed by atoms with Gasteiger partial charge in [-0.1, -0.05) is 6.58 Å². The van der Waals surface area contributed by atoms with Crippen LogP contribution in [0, 0.1) is 18.3 Å². The molecule has 8 heteroatoms. The normalized spacial score (nSPS) is 15.8. The largest absolute Gasteiger partial charge is 0.271 e. The smallest absolute Gasteiger partial charge is 0.269 e. The minimum absolute atomic E-state index is 0.203. The minimum Gasteiger partial charge on any atom is -0.271 e. The van der Waals surface area contributed by atoms with Crippen LogP contribution in [0.4, 0.5) is 0 Å². The first-order valence-electron chi connectivity index (χ1n) is 8.33. The van der Waals surface area contributed by atoms with E-state index >= 15 is 0 Å². The first-order valence-corrected chi connectivity index (χ1v) is 8.33. The van der Waals surface area contributed by atoms with E-state index in [2.05, 4.69) is 26.7 Å². The summed E-state index contributed by atoms with van der Waals surface area (Å²) in [6.07, 6.45) is 10.1. The summed E-state index contributed by atoms with van der Waals surface area (Å²) in [5.41, 5.74) is 2.54. The lowest BCUT2D eigenvalue weighted by Gasteiger charge is -2.22. The van der Waals surface area contributed by atoms with Crippen molar-refractivity contribution in [3.8, 4) is 6.07 Å². The maximum atomic E-state index is 12.7. The van der Waals surface area contributed by atoms with E-state index < -0.39 is 0 Å². The summed E-state index contributed by atoms with van der Waals surface area (Å²) < 4.78 is 1.69. The van der Waals surface area contributed by atoms with Crippen molar-refractivity contribution in [1.29, 1.82) is 5.26 Å². The second-order valence-electron chi connectivity index (χ2n) is 6.10. The van der Waals surface area contributed by atoms with Crippen molar-refractivity contribution in [2.24, 2.45) is 5.10 Å². The number of carbonyl (C=O) groups excluding carboxylic acids is 1.